The Morgan fingerprint density at radius 3 is 2.56 bits per heavy atom. The van der Waals surface area contributed by atoms with Gasteiger partial charge in [0.25, 0.3) is 5.91 Å². The molecule has 3 N–H and O–H groups in total. The van der Waals surface area contributed by atoms with Gasteiger partial charge in [0, 0.05) is 0 Å². The lowest BCUT2D eigenvalue weighted by molar-refractivity contribution is -0.139. The molecule has 1 unspecified atom stereocenters. The first-order valence-electron chi connectivity index (χ1n) is 10.2. The van der Waals surface area contributed by atoms with Crippen molar-refractivity contribution in [2.45, 2.75) is 19.8 Å². The maximum absolute atomic E-state index is 12.6. The SMILES string of the molecule is CCOC(=O)C1=C(C)OC(N)=C(C#N)C1c1ccc(OCC(=O)Nc2cccc(Cl)c2Cl)cc1. The number of nitrogens with zero attached hydrogens (tertiary/aromatic N) is 1. The molecule has 176 valence electrons. The molecule has 3 rings (SSSR count). The van der Waals surface area contributed by atoms with Crippen LogP contribution in [0.3, 0.4) is 0 Å². The highest BCUT2D eigenvalue weighted by molar-refractivity contribution is 6.44. The number of ether oxygens (including phenoxy) is 3. The van der Waals surface area contributed by atoms with Gasteiger partial charge in [-0.3, -0.25) is 4.79 Å². The number of carbonyl (C=O) groups is 2. The summed E-state index contributed by atoms with van der Waals surface area (Å²) in [6, 6.07) is 13.5. The van der Waals surface area contributed by atoms with Crippen LogP contribution < -0.4 is 15.8 Å². The van der Waals surface area contributed by atoms with Gasteiger partial charge in [-0.2, -0.15) is 5.26 Å². The summed E-state index contributed by atoms with van der Waals surface area (Å²) in [4.78, 5) is 24.8. The first-order valence-corrected chi connectivity index (χ1v) is 10.9. The van der Waals surface area contributed by atoms with E-state index < -0.39 is 17.8 Å². The fraction of sp³-hybridized carbons (Fsp3) is 0.208. The number of nitrogens with one attached hydrogen (secondary N) is 1. The number of anilines is 1. The van der Waals surface area contributed by atoms with Crippen molar-refractivity contribution in [3.63, 3.8) is 0 Å². The lowest BCUT2D eigenvalue weighted by atomic mass is 9.83. The van der Waals surface area contributed by atoms with Crippen molar-refractivity contribution in [1.29, 1.82) is 5.26 Å². The van der Waals surface area contributed by atoms with Crippen LogP contribution in [0, 0.1) is 11.3 Å². The minimum atomic E-state index is -0.764. The molecule has 1 amide bonds. The van der Waals surface area contributed by atoms with Crippen LogP contribution in [0.1, 0.15) is 25.3 Å². The predicted molar refractivity (Wildman–Crippen MR) is 127 cm³/mol. The van der Waals surface area contributed by atoms with Crippen molar-refractivity contribution in [3.05, 3.63) is 80.9 Å². The van der Waals surface area contributed by atoms with Crippen LogP contribution in [0.5, 0.6) is 5.75 Å². The third-order valence-corrected chi connectivity index (χ3v) is 5.73. The molecule has 8 nitrogen and oxygen atoms in total. The van der Waals surface area contributed by atoms with Gasteiger partial charge < -0.3 is 25.3 Å². The molecule has 34 heavy (non-hydrogen) atoms. The van der Waals surface area contributed by atoms with E-state index in [9.17, 15) is 14.9 Å². The lowest BCUT2D eigenvalue weighted by Gasteiger charge is -2.26. The number of amides is 1. The molecular weight excluding hydrogens is 481 g/mol. The number of esters is 1. The Labute approximate surface area is 206 Å². The number of carbonyl (C=O) groups excluding carboxylic acids is 2. The molecule has 0 bridgehead atoms. The highest BCUT2D eigenvalue weighted by Gasteiger charge is 2.36. The summed E-state index contributed by atoms with van der Waals surface area (Å²) in [7, 11) is 0. The third-order valence-electron chi connectivity index (χ3n) is 4.91. The smallest absolute Gasteiger partial charge is 0.338 e. The minimum absolute atomic E-state index is 0.0743. The van der Waals surface area contributed by atoms with E-state index in [2.05, 4.69) is 5.32 Å². The summed E-state index contributed by atoms with van der Waals surface area (Å²) in [5, 5.41) is 12.8. The summed E-state index contributed by atoms with van der Waals surface area (Å²) in [6.45, 7) is 3.16. The number of benzene rings is 2. The molecule has 0 saturated carbocycles. The summed E-state index contributed by atoms with van der Waals surface area (Å²) in [6.07, 6.45) is 0. The number of rotatable bonds is 7. The standard InChI is InChI=1S/C24H21Cl2N3O5/c1-3-32-24(31)20-13(2)34-23(28)16(11-27)21(20)14-7-9-15(10-8-14)33-12-19(30)29-18-6-4-5-17(25)22(18)26/h4-10,21H,3,12,28H2,1-2H3,(H,29,30). The number of halogens is 2. The van der Waals surface area contributed by atoms with Gasteiger partial charge in [0.15, 0.2) is 6.61 Å². The van der Waals surface area contributed by atoms with E-state index in [1.54, 1.807) is 56.3 Å². The minimum Gasteiger partial charge on any atom is -0.484 e. The van der Waals surface area contributed by atoms with Gasteiger partial charge in [0.2, 0.25) is 5.88 Å². The Hall–Kier alpha value is -3.67. The zero-order valence-electron chi connectivity index (χ0n) is 18.4. The summed E-state index contributed by atoms with van der Waals surface area (Å²) in [5.74, 6) is -1.20. The number of nitrogens with two attached hydrogens (primary N) is 1. The second kappa shape index (κ2) is 11.0. The van der Waals surface area contributed by atoms with Gasteiger partial charge in [-0.15, -0.1) is 0 Å². The number of hydrogen-bond donors (Lipinski definition) is 2. The molecule has 0 spiro atoms. The highest BCUT2D eigenvalue weighted by Crippen LogP contribution is 2.40. The predicted octanol–water partition coefficient (Wildman–Crippen LogP) is 4.66. The Bertz CT molecular complexity index is 1220. The van der Waals surface area contributed by atoms with Crippen molar-refractivity contribution >= 4 is 40.8 Å². The normalized spacial score (nSPS) is 15.3. The highest BCUT2D eigenvalue weighted by atomic mass is 35.5. The van der Waals surface area contributed by atoms with Crippen LogP contribution in [0.4, 0.5) is 5.69 Å². The monoisotopic (exact) mass is 501 g/mol. The van der Waals surface area contributed by atoms with Gasteiger partial charge in [0.05, 0.1) is 33.8 Å². The maximum Gasteiger partial charge on any atom is 0.338 e. The molecule has 2 aromatic rings. The van der Waals surface area contributed by atoms with E-state index in [0.29, 0.717) is 22.0 Å². The summed E-state index contributed by atoms with van der Waals surface area (Å²) >= 11 is 12.0. The van der Waals surface area contributed by atoms with Gasteiger partial charge >= 0.3 is 5.97 Å². The lowest BCUT2D eigenvalue weighted by Crippen LogP contribution is -2.25. The van der Waals surface area contributed by atoms with Crippen LogP contribution in [0.15, 0.2) is 65.3 Å². The molecular formula is C24H21Cl2N3O5. The molecule has 0 fully saturated rings. The van der Waals surface area contributed by atoms with Crippen molar-refractivity contribution in [3.8, 4) is 11.8 Å². The molecule has 1 heterocycles. The first kappa shape index (κ1) is 25.0. The van der Waals surface area contributed by atoms with E-state index in [4.69, 9.17) is 43.1 Å². The first-order chi connectivity index (χ1) is 16.3. The summed E-state index contributed by atoms with van der Waals surface area (Å²) in [5.41, 5.74) is 7.17. The van der Waals surface area contributed by atoms with E-state index in [1.165, 1.54) is 0 Å². The zero-order valence-corrected chi connectivity index (χ0v) is 19.9. The Morgan fingerprint density at radius 1 is 1.21 bits per heavy atom. The van der Waals surface area contributed by atoms with E-state index in [-0.39, 0.29) is 41.0 Å². The molecule has 2 aromatic carbocycles. The zero-order chi connectivity index (χ0) is 24.8. The maximum atomic E-state index is 12.6. The molecule has 10 heteroatoms. The van der Waals surface area contributed by atoms with Gasteiger partial charge in [-0.25, -0.2) is 4.79 Å². The quantitative estimate of drug-likeness (QED) is 0.528. The van der Waals surface area contributed by atoms with Crippen molar-refractivity contribution in [1.82, 2.24) is 0 Å². The van der Waals surface area contributed by atoms with Crippen LogP contribution in [0.25, 0.3) is 0 Å². The molecule has 1 aliphatic heterocycles. The summed E-state index contributed by atoms with van der Waals surface area (Å²) < 4.78 is 16.1. The molecule has 0 radical (unpaired) electrons. The second-order valence-electron chi connectivity index (χ2n) is 7.12. The van der Waals surface area contributed by atoms with E-state index >= 15 is 0 Å². The number of nitriles is 1. The van der Waals surface area contributed by atoms with Crippen molar-refractivity contribution in [2.24, 2.45) is 5.73 Å². The van der Waals surface area contributed by atoms with Gasteiger partial charge in [0.1, 0.15) is 23.2 Å². The van der Waals surface area contributed by atoms with Gasteiger partial charge in [-0.05, 0) is 43.7 Å². The Balaban J connectivity index is 1.76. The molecule has 1 atom stereocenters. The Morgan fingerprint density at radius 2 is 1.91 bits per heavy atom. The van der Waals surface area contributed by atoms with Crippen LogP contribution in [-0.4, -0.2) is 25.1 Å². The number of hydrogen-bond acceptors (Lipinski definition) is 7. The average molecular weight is 502 g/mol. The molecule has 0 saturated heterocycles. The van der Waals surface area contributed by atoms with Gasteiger partial charge in [-0.1, -0.05) is 41.4 Å². The van der Waals surface area contributed by atoms with E-state index in [1.807, 2.05) is 6.07 Å². The third kappa shape index (κ3) is 5.45. The average Bonchev–Trinajstić information content (AvgIpc) is 2.80. The topological polar surface area (TPSA) is 124 Å². The second-order valence-corrected chi connectivity index (χ2v) is 7.91. The Kier molecular flexibility index (Phi) is 8.05. The van der Waals surface area contributed by atoms with Crippen molar-refractivity contribution in [2.75, 3.05) is 18.5 Å². The fourth-order valence-electron chi connectivity index (χ4n) is 3.38. The van der Waals surface area contributed by atoms with Crippen LogP contribution in [-0.2, 0) is 19.1 Å². The van der Waals surface area contributed by atoms with E-state index in [0.717, 1.165) is 0 Å². The van der Waals surface area contributed by atoms with Crippen LogP contribution >= 0.6 is 23.2 Å². The fourth-order valence-corrected chi connectivity index (χ4v) is 3.73. The largest absolute Gasteiger partial charge is 0.484 e. The molecule has 0 aliphatic carbocycles. The number of allylic oxidation sites excluding steroid dienone is 2. The molecule has 0 aromatic heterocycles. The van der Waals surface area contributed by atoms with Crippen molar-refractivity contribution < 1.29 is 23.8 Å². The van der Waals surface area contributed by atoms with Crippen LogP contribution in [0.2, 0.25) is 10.0 Å². The molecule has 1 aliphatic rings.